The Kier molecular flexibility index (Phi) is 5.34. The zero-order valence-corrected chi connectivity index (χ0v) is 17.2. The van der Waals surface area contributed by atoms with Crippen molar-refractivity contribution in [1.82, 2.24) is 15.0 Å². The molecule has 1 fully saturated rings. The highest BCUT2D eigenvalue weighted by atomic mass is 16.5. The lowest BCUT2D eigenvalue weighted by molar-refractivity contribution is 0.0746. The summed E-state index contributed by atoms with van der Waals surface area (Å²) in [6.45, 7) is 9.12. The molecule has 3 aromatic rings. The van der Waals surface area contributed by atoms with Crippen LogP contribution < -0.4 is 4.90 Å². The summed E-state index contributed by atoms with van der Waals surface area (Å²) in [6.07, 6.45) is 0.732. The van der Waals surface area contributed by atoms with E-state index in [9.17, 15) is 4.79 Å². The average molecular weight is 390 g/mol. The summed E-state index contributed by atoms with van der Waals surface area (Å²) in [7, 11) is 0. The first-order chi connectivity index (χ1) is 14.0. The van der Waals surface area contributed by atoms with Crippen LogP contribution in [-0.4, -0.2) is 47.1 Å². The van der Waals surface area contributed by atoms with Crippen LogP contribution in [0.4, 0.5) is 5.69 Å². The normalized spacial score (nSPS) is 14.3. The maximum absolute atomic E-state index is 12.9. The fourth-order valence-electron chi connectivity index (χ4n) is 3.73. The van der Waals surface area contributed by atoms with Gasteiger partial charge in [0.25, 0.3) is 5.91 Å². The van der Waals surface area contributed by atoms with Crippen LogP contribution in [0, 0.1) is 13.8 Å². The third-order valence-electron chi connectivity index (χ3n) is 5.44. The van der Waals surface area contributed by atoms with Crippen LogP contribution in [0.15, 0.2) is 47.0 Å². The highest BCUT2D eigenvalue weighted by Crippen LogP contribution is 2.23. The summed E-state index contributed by atoms with van der Waals surface area (Å²) < 4.78 is 5.19. The number of carbonyl (C=O) groups excluding carboxylic acids is 1. The molecule has 0 spiro atoms. The van der Waals surface area contributed by atoms with Crippen molar-refractivity contribution < 1.29 is 9.32 Å². The van der Waals surface area contributed by atoms with Crippen LogP contribution >= 0.6 is 0 Å². The molecule has 1 amide bonds. The molecule has 1 aliphatic heterocycles. The predicted molar refractivity (Wildman–Crippen MR) is 113 cm³/mol. The van der Waals surface area contributed by atoms with Crippen LogP contribution in [0.2, 0.25) is 0 Å². The Labute approximate surface area is 171 Å². The Morgan fingerprint density at radius 2 is 1.76 bits per heavy atom. The molecule has 4 rings (SSSR count). The third kappa shape index (κ3) is 4.01. The molecule has 2 aromatic carbocycles. The number of hydrogen-bond acceptors (Lipinski definition) is 5. The van der Waals surface area contributed by atoms with E-state index in [-0.39, 0.29) is 5.91 Å². The van der Waals surface area contributed by atoms with Crippen LogP contribution in [0.1, 0.15) is 34.3 Å². The van der Waals surface area contributed by atoms with Crippen molar-refractivity contribution in [3.8, 4) is 11.4 Å². The number of amides is 1. The molecular formula is C23H26N4O2. The van der Waals surface area contributed by atoms with Crippen LogP contribution in [-0.2, 0) is 6.42 Å². The maximum atomic E-state index is 12.9. The summed E-state index contributed by atoms with van der Waals surface area (Å²) in [5.41, 5.74) is 5.12. The lowest BCUT2D eigenvalue weighted by Gasteiger charge is -2.36. The number of aryl methyl sites for hydroxylation is 3. The summed E-state index contributed by atoms with van der Waals surface area (Å²) in [5, 5.41) is 4.03. The van der Waals surface area contributed by atoms with Gasteiger partial charge in [0.1, 0.15) is 0 Å². The fourth-order valence-corrected chi connectivity index (χ4v) is 3.73. The van der Waals surface area contributed by atoms with E-state index < -0.39 is 0 Å². The van der Waals surface area contributed by atoms with Crippen molar-refractivity contribution in [1.29, 1.82) is 0 Å². The van der Waals surface area contributed by atoms with Gasteiger partial charge < -0.3 is 14.3 Å². The van der Waals surface area contributed by atoms with E-state index >= 15 is 0 Å². The second kappa shape index (κ2) is 8.07. The van der Waals surface area contributed by atoms with Crippen molar-refractivity contribution in [2.75, 3.05) is 31.1 Å². The molecule has 1 aromatic heterocycles. The molecule has 6 nitrogen and oxygen atoms in total. The second-order valence-electron chi connectivity index (χ2n) is 7.51. The van der Waals surface area contributed by atoms with Crippen molar-refractivity contribution in [2.24, 2.45) is 0 Å². The van der Waals surface area contributed by atoms with Crippen molar-refractivity contribution >= 4 is 11.6 Å². The number of nitrogens with zero attached hydrogens (tertiary/aromatic N) is 4. The van der Waals surface area contributed by atoms with E-state index in [0.29, 0.717) is 11.7 Å². The number of rotatable bonds is 4. The minimum absolute atomic E-state index is 0.126. The van der Waals surface area contributed by atoms with E-state index in [0.717, 1.165) is 55.0 Å². The number of benzene rings is 2. The first-order valence-corrected chi connectivity index (χ1v) is 10.1. The number of hydrogen-bond donors (Lipinski definition) is 0. The molecule has 0 radical (unpaired) electrons. The van der Waals surface area contributed by atoms with Gasteiger partial charge in [-0.15, -0.1) is 0 Å². The average Bonchev–Trinajstić information content (AvgIpc) is 3.23. The van der Waals surface area contributed by atoms with Gasteiger partial charge in [-0.25, -0.2) is 0 Å². The Morgan fingerprint density at radius 1 is 1.03 bits per heavy atom. The molecule has 0 unspecified atom stereocenters. The molecule has 0 atom stereocenters. The van der Waals surface area contributed by atoms with E-state index in [1.807, 2.05) is 49.9 Å². The summed E-state index contributed by atoms with van der Waals surface area (Å²) in [6, 6.07) is 14.2. The summed E-state index contributed by atoms with van der Waals surface area (Å²) in [4.78, 5) is 21.5. The van der Waals surface area contributed by atoms with Gasteiger partial charge in [0, 0.05) is 49.4 Å². The quantitative estimate of drug-likeness (QED) is 0.677. The lowest BCUT2D eigenvalue weighted by atomic mass is 10.0. The van der Waals surface area contributed by atoms with Crippen LogP contribution in [0.25, 0.3) is 11.4 Å². The van der Waals surface area contributed by atoms with E-state index in [4.69, 9.17) is 4.52 Å². The molecule has 1 saturated heterocycles. The van der Waals surface area contributed by atoms with Crippen LogP contribution in [0.5, 0.6) is 0 Å². The number of carbonyl (C=O) groups is 1. The molecule has 2 heterocycles. The molecule has 1 aliphatic rings. The Balaban J connectivity index is 1.39. The van der Waals surface area contributed by atoms with Gasteiger partial charge in [0.15, 0.2) is 0 Å². The highest BCUT2D eigenvalue weighted by Gasteiger charge is 2.23. The topological polar surface area (TPSA) is 62.5 Å². The molecule has 6 heteroatoms. The van der Waals surface area contributed by atoms with Gasteiger partial charge >= 0.3 is 0 Å². The van der Waals surface area contributed by atoms with Gasteiger partial charge in [-0.05, 0) is 49.7 Å². The number of piperazine rings is 1. The SMILES string of the molecule is CCc1nc(-c2ccc(N3CCN(C(=O)c4ccc(C)cc4C)CC3)cc2)no1. The zero-order chi connectivity index (χ0) is 20.4. The molecule has 0 bridgehead atoms. The predicted octanol–water partition coefficient (Wildman–Crippen LogP) is 3.88. The van der Waals surface area contributed by atoms with Gasteiger partial charge in [-0.2, -0.15) is 4.98 Å². The van der Waals surface area contributed by atoms with Crippen molar-refractivity contribution in [3.05, 3.63) is 65.0 Å². The van der Waals surface area contributed by atoms with Gasteiger partial charge in [-0.1, -0.05) is 29.8 Å². The maximum Gasteiger partial charge on any atom is 0.254 e. The number of aromatic nitrogens is 2. The minimum Gasteiger partial charge on any atom is -0.368 e. The molecular weight excluding hydrogens is 364 g/mol. The number of anilines is 1. The van der Waals surface area contributed by atoms with Gasteiger partial charge in [0.05, 0.1) is 0 Å². The van der Waals surface area contributed by atoms with Crippen LogP contribution in [0.3, 0.4) is 0 Å². The van der Waals surface area contributed by atoms with Gasteiger partial charge in [0.2, 0.25) is 11.7 Å². The smallest absolute Gasteiger partial charge is 0.254 e. The summed E-state index contributed by atoms with van der Waals surface area (Å²) in [5.74, 6) is 1.40. The van der Waals surface area contributed by atoms with E-state index in [1.54, 1.807) is 0 Å². The van der Waals surface area contributed by atoms with Crippen molar-refractivity contribution in [3.63, 3.8) is 0 Å². The lowest BCUT2D eigenvalue weighted by Crippen LogP contribution is -2.48. The second-order valence-corrected chi connectivity index (χ2v) is 7.51. The zero-order valence-electron chi connectivity index (χ0n) is 17.2. The first kappa shape index (κ1) is 19.2. The molecule has 29 heavy (non-hydrogen) atoms. The van der Waals surface area contributed by atoms with Gasteiger partial charge in [-0.3, -0.25) is 4.79 Å². The Bertz CT molecular complexity index is 1000. The summed E-state index contributed by atoms with van der Waals surface area (Å²) >= 11 is 0. The third-order valence-corrected chi connectivity index (χ3v) is 5.44. The molecule has 0 N–H and O–H groups in total. The highest BCUT2D eigenvalue weighted by molar-refractivity contribution is 5.95. The Hall–Kier alpha value is -3.15. The van der Waals surface area contributed by atoms with E-state index in [2.05, 4.69) is 33.2 Å². The largest absolute Gasteiger partial charge is 0.368 e. The Morgan fingerprint density at radius 3 is 2.38 bits per heavy atom. The fraction of sp³-hybridized carbons (Fsp3) is 0.348. The molecule has 150 valence electrons. The van der Waals surface area contributed by atoms with E-state index in [1.165, 1.54) is 5.56 Å². The van der Waals surface area contributed by atoms with Crippen molar-refractivity contribution in [2.45, 2.75) is 27.2 Å². The first-order valence-electron chi connectivity index (χ1n) is 10.1. The molecule has 0 aliphatic carbocycles. The minimum atomic E-state index is 0.126. The standard InChI is InChI=1S/C23H26N4O2/c1-4-21-24-22(25-29-21)18-6-8-19(9-7-18)26-11-13-27(14-12-26)23(28)20-10-5-16(2)15-17(20)3/h5-10,15H,4,11-14H2,1-3H3. The molecule has 0 saturated carbocycles. The monoisotopic (exact) mass is 390 g/mol.